The zero-order valence-corrected chi connectivity index (χ0v) is 15.5. The summed E-state index contributed by atoms with van der Waals surface area (Å²) in [6.07, 6.45) is 6.53. The van der Waals surface area contributed by atoms with E-state index in [1.54, 1.807) is 0 Å². The quantitative estimate of drug-likeness (QED) is 0.343. The molecule has 1 amide bonds. The Balaban J connectivity index is 1.55. The third-order valence-electron chi connectivity index (χ3n) is 4.92. The van der Waals surface area contributed by atoms with Crippen LogP contribution in [0.15, 0.2) is 18.2 Å². The lowest BCUT2D eigenvalue weighted by Gasteiger charge is -2.29. The molecule has 1 aliphatic carbocycles. The number of benzene rings is 1. The van der Waals surface area contributed by atoms with Gasteiger partial charge < -0.3 is 19.5 Å². The van der Waals surface area contributed by atoms with Gasteiger partial charge in [-0.15, -0.1) is 0 Å². The number of fused-ring (bicyclic) bond motifs is 1. The molecule has 1 aromatic carbocycles. The number of nitrogens with one attached hydrogen (secondary N) is 1. The van der Waals surface area contributed by atoms with E-state index in [1.165, 1.54) is 24.6 Å². The third kappa shape index (κ3) is 4.79. The minimum absolute atomic E-state index is 0.0174. The van der Waals surface area contributed by atoms with Crippen molar-refractivity contribution in [1.29, 1.82) is 0 Å². The second-order valence-electron chi connectivity index (χ2n) is 6.90. The van der Waals surface area contributed by atoms with Crippen LogP contribution in [-0.2, 0) is 14.3 Å². The summed E-state index contributed by atoms with van der Waals surface area (Å²) in [7, 11) is 0. The average Bonchev–Trinajstić information content (AvgIpc) is 3.13. The number of carbonyl (C=O) groups is 2. The fraction of sp³-hybridized carbons (Fsp3) is 0.474. The number of hydrogen-bond donors (Lipinski definition) is 1. The van der Waals surface area contributed by atoms with Gasteiger partial charge in [0.25, 0.3) is 11.6 Å². The lowest BCUT2D eigenvalue weighted by Crippen LogP contribution is -2.42. The van der Waals surface area contributed by atoms with Crippen LogP contribution >= 0.6 is 0 Å². The molecule has 1 saturated carbocycles. The van der Waals surface area contributed by atoms with Crippen LogP contribution in [0, 0.1) is 16.0 Å². The molecule has 0 spiro atoms. The van der Waals surface area contributed by atoms with Crippen molar-refractivity contribution in [1.82, 2.24) is 5.32 Å². The normalized spacial score (nSPS) is 20.8. The molecule has 1 fully saturated rings. The Bertz CT molecular complexity index is 806. The van der Waals surface area contributed by atoms with Crippen molar-refractivity contribution in [2.45, 2.75) is 38.6 Å². The van der Waals surface area contributed by atoms with Gasteiger partial charge in [-0.05, 0) is 30.9 Å². The highest BCUT2D eigenvalue weighted by Crippen LogP contribution is 2.38. The molecule has 0 bridgehead atoms. The first kappa shape index (κ1) is 19.7. The summed E-state index contributed by atoms with van der Waals surface area (Å²) in [4.78, 5) is 34.5. The average molecular weight is 390 g/mol. The Morgan fingerprint density at radius 3 is 2.71 bits per heavy atom. The van der Waals surface area contributed by atoms with Crippen molar-refractivity contribution in [2.24, 2.45) is 5.92 Å². The number of amides is 1. The molecule has 0 aromatic heterocycles. The zero-order valence-electron chi connectivity index (χ0n) is 15.5. The molecule has 1 aliphatic heterocycles. The Kier molecular flexibility index (Phi) is 6.13. The van der Waals surface area contributed by atoms with E-state index in [-0.39, 0.29) is 35.7 Å². The standard InChI is InChI=1S/C19H22N2O7/c1-12-4-2-3-5-14(12)20-18(22)10-26-19(23)7-6-13-8-16-17(28-11-27-16)9-15(13)21(24)25/h6-9,12,14H,2-5,10-11H2,1H3,(H,20,22)/b7-6+/t12-,14+/m0/s1. The first-order chi connectivity index (χ1) is 13.4. The Morgan fingerprint density at radius 2 is 2.00 bits per heavy atom. The lowest BCUT2D eigenvalue weighted by atomic mass is 9.86. The van der Waals surface area contributed by atoms with Gasteiger partial charge in [0.1, 0.15) is 0 Å². The molecule has 1 heterocycles. The fourth-order valence-electron chi connectivity index (χ4n) is 3.36. The molecule has 2 aliphatic rings. The molecule has 0 saturated heterocycles. The molecule has 3 rings (SSSR count). The molecule has 9 nitrogen and oxygen atoms in total. The summed E-state index contributed by atoms with van der Waals surface area (Å²) in [5.41, 5.74) is -0.0518. The first-order valence-corrected chi connectivity index (χ1v) is 9.16. The van der Waals surface area contributed by atoms with Crippen LogP contribution in [0.5, 0.6) is 11.5 Å². The summed E-state index contributed by atoms with van der Waals surface area (Å²) in [5, 5.41) is 14.1. The highest BCUT2D eigenvalue weighted by Gasteiger charge is 2.24. The molecule has 28 heavy (non-hydrogen) atoms. The number of carbonyl (C=O) groups excluding carboxylic acids is 2. The van der Waals surface area contributed by atoms with Crippen LogP contribution in [0.2, 0.25) is 0 Å². The van der Waals surface area contributed by atoms with Gasteiger partial charge >= 0.3 is 5.97 Å². The van der Waals surface area contributed by atoms with E-state index in [2.05, 4.69) is 12.2 Å². The van der Waals surface area contributed by atoms with Crippen LogP contribution < -0.4 is 14.8 Å². The smallest absolute Gasteiger partial charge is 0.331 e. The minimum atomic E-state index is -0.765. The van der Waals surface area contributed by atoms with Crippen molar-refractivity contribution in [3.63, 3.8) is 0 Å². The zero-order chi connectivity index (χ0) is 20.1. The van der Waals surface area contributed by atoms with Gasteiger partial charge in [0, 0.05) is 12.1 Å². The number of nitro benzene ring substituents is 1. The third-order valence-corrected chi connectivity index (χ3v) is 4.92. The number of hydrogen-bond acceptors (Lipinski definition) is 7. The molecular formula is C19H22N2O7. The number of ether oxygens (including phenoxy) is 3. The summed E-state index contributed by atoms with van der Waals surface area (Å²) >= 11 is 0. The highest BCUT2D eigenvalue weighted by atomic mass is 16.7. The molecule has 2 atom stereocenters. The van der Waals surface area contributed by atoms with Crippen molar-refractivity contribution < 1.29 is 28.7 Å². The van der Waals surface area contributed by atoms with E-state index in [0.29, 0.717) is 11.7 Å². The lowest BCUT2D eigenvalue weighted by molar-refractivity contribution is -0.385. The molecular weight excluding hydrogens is 368 g/mol. The number of nitro groups is 1. The molecule has 1 N–H and O–H groups in total. The Labute approximate surface area is 161 Å². The van der Waals surface area contributed by atoms with Crippen molar-refractivity contribution in [2.75, 3.05) is 13.4 Å². The maximum atomic E-state index is 12.0. The van der Waals surface area contributed by atoms with Gasteiger partial charge in [-0.2, -0.15) is 0 Å². The summed E-state index contributed by atoms with van der Waals surface area (Å²) in [6, 6.07) is 2.76. The van der Waals surface area contributed by atoms with Crippen LogP contribution in [0.1, 0.15) is 38.2 Å². The second kappa shape index (κ2) is 8.73. The van der Waals surface area contributed by atoms with E-state index in [1.807, 2.05) is 0 Å². The molecule has 1 aromatic rings. The summed E-state index contributed by atoms with van der Waals surface area (Å²) < 4.78 is 15.2. The minimum Gasteiger partial charge on any atom is -0.454 e. The van der Waals surface area contributed by atoms with Gasteiger partial charge in [0.05, 0.1) is 16.6 Å². The van der Waals surface area contributed by atoms with Crippen LogP contribution in [0.25, 0.3) is 6.08 Å². The van der Waals surface area contributed by atoms with E-state index < -0.39 is 17.5 Å². The van der Waals surface area contributed by atoms with Gasteiger partial charge in [0.2, 0.25) is 6.79 Å². The van der Waals surface area contributed by atoms with Crippen LogP contribution in [0.4, 0.5) is 5.69 Å². The predicted molar refractivity (Wildman–Crippen MR) is 98.8 cm³/mol. The van der Waals surface area contributed by atoms with Gasteiger partial charge in [-0.1, -0.05) is 19.8 Å². The maximum Gasteiger partial charge on any atom is 0.331 e. The number of rotatable bonds is 6. The summed E-state index contributed by atoms with van der Waals surface area (Å²) in [6.45, 7) is 1.68. The largest absolute Gasteiger partial charge is 0.454 e. The van der Waals surface area contributed by atoms with Gasteiger partial charge in [-0.25, -0.2) is 4.79 Å². The van der Waals surface area contributed by atoms with E-state index in [0.717, 1.165) is 25.3 Å². The Hall–Kier alpha value is -3.10. The van der Waals surface area contributed by atoms with Crippen molar-refractivity contribution >= 4 is 23.6 Å². The van der Waals surface area contributed by atoms with Gasteiger partial charge in [-0.3, -0.25) is 14.9 Å². The van der Waals surface area contributed by atoms with Crippen molar-refractivity contribution in [3.05, 3.63) is 33.9 Å². The highest BCUT2D eigenvalue weighted by molar-refractivity contribution is 5.90. The van der Waals surface area contributed by atoms with E-state index in [4.69, 9.17) is 14.2 Å². The summed E-state index contributed by atoms with van der Waals surface area (Å²) in [5.74, 6) is -0.0761. The van der Waals surface area contributed by atoms with E-state index in [9.17, 15) is 19.7 Å². The SMILES string of the molecule is C[C@H]1CCCC[C@H]1NC(=O)COC(=O)/C=C/c1cc2c(cc1[N+](=O)[O-])OCO2. The fourth-order valence-corrected chi connectivity index (χ4v) is 3.36. The molecule has 150 valence electrons. The predicted octanol–water partition coefficient (Wildman–Crippen LogP) is 2.57. The van der Waals surface area contributed by atoms with Gasteiger partial charge in [0.15, 0.2) is 18.1 Å². The Morgan fingerprint density at radius 1 is 1.29 bits per heavy atom. The monoisotopic (exact) mass is 390 g/mol. The van der Waals surface area contributed by atoms with Crippen molar-refractivity contribution in [3.8, 4) is 11.5 Å². The number of esters is 1. The number of nitrogens with zero attached hydrogens (tertiary/aromatic N) is 1. The van der Waals surface area contributed by atoms with E-state index >= 15 is 0 Å². The molecule has 9 heteroatoms. The second-order valence-corrected chi connectivity index (χ2v) is 6.90. The maximum absolute atomic E-state index is 12.0. The topological polar surface area (TPSA) is 117 Å². The molecule has 0 unspecified atom stereocenters. The van der Waals surface area contributed by atoms with Crippen LogP contribution in [0.3, 0.4) is 0 Å². The van der Waals surface area contributed by atoms with Crippen LogP contribution in [-0.4, -0.2) is 36.2 Å². The first-order valence-electron chi connectivity index (χ1n) is 9.16. The molecule has 0 radical (unpaired) electrons.